The predicted molar refractivity (Wildman–Crippen MR) is 102 cm³/mol. The number of nitrogens with two attached hydrogens (primary N) is 1. The molecule has 2 aromatic heterocycles. The molecule has 136 valence electrons. The summed E-state index contributed by atoms with van der Waals surface area (Å²) >= 11 is 1.53. The van der Waals surface area contributed by atoms with E-state index < -0.39 is 11.2 Å². The van der Waals surface area contributed by atoms with Crippen LogP contribution in [-0.4, -0.2) is 22.0 Å². The second-order valence-corrected chi connectivity index (χ2v) is 7.34. The van der Waals surface area contributed by atoms with Gasteiger partial charge in [-0.25, -0.2) is 4.79 Å². The fourth-order valence-corrected chi connectivity index (χ4v) is 3.68. The van der Waals surface area contributed by atoms with Crippen molar-refractivity contribution in [3.8, 4) is 0 Å². The number of aryl methyl sites for hydroxylation is 2. The van der Waals surface area contributed by atoms with Crippen LogP contribution in [0.25, 0.3) is 0 Å². The van der Waals surface area contributed by atoms with Crippen molar-refractivity contribution in [1.82, 2.24) is 9.55 Å². The zero-order valence-corrected chi connectivity index (χ0v) is 15.8. The minimum absolute atomic E-state index is 0.0296. The van der Waals surface area contributed by atoms with Gasteiger partial charge in [-0.3, -0.25) is 19.1 Å². The number of carbonyl (C=O) groups is 1. The molecule has 0 spiro atoms. The number of thiophene rings is 1. The summed E-state index contributed by atoms with van der Waals surface area (Å²) in [5.41, 5.74) is 5.50. The topological polar surface area (TPSA) is 101 Å². The molecule has 0 aliphatic heterocycles. The van der Waals surface area contributed by atoms with E-state index in [4.69, 9.17) is 5.73 Å². The van der Waals surface area contributed by atoms with Crippen molar-refractivity contribution >= 4 is 28.7 Å². The molecule has 2 rings (SSSR count). The van der Waals surface area contributed by atoms with Crippen LogP contribution in [0.1, 0.15) is 46.8 Å². The first-order valence-corrected chi connectivity index (χ1v) is 9.14. The van der Waals surface area contributed by atoms with Crippen LogP contribution in [0.2, 0.25) is 0 Å². The quantitative estimate of drug-likeness (QED) is 0.821. The fraction of sp³-hybridized carbons (Fsp3) is 0.471. The minimum atomic E-state index is -0.643. The van der Waals surface area contributed by atoms with Crippen LogP contribution in [0.5, 0.6) is 0 Å². The summed E-state index contributed by atoms with van der Waals surface area (Å²) in [5.74, 6) is -0.260. The monoisotopic (exact) mass is 364 g/mol. The molecule has 8 heteroatoms. The Hall–Kier alpha value is -2.35. The van der Waals surface area contributed by atoms with Crippen LogP contribution >= 0.6 is 11.3 Å². The third-order valence-corrected chi connectivity index (χ3v) is 5.02. The van der Waals surface area contributed by atoms with E-state index >= 15 is 0 Å². The molecule has 0 atom stereocenters. The Kier molecular flexibility index (Phi) is 5.84. The van der Waals surface area contributed by atoms with E-state index in [-0.39, 0.29) is 24.0 Å². The van der Waals surface area contributed by atoms with Crippen LogP contribution in [0.3, 0.4) is 0 Å². The van der Waals surface area contributed by atoms with Crippen LogP contribution in [-0.2, 0) is 6.54 Å². The van der Waals surface area contributed by atoms with Gasteiger partial charge in [0.25, 0.3) is 11.5 Å². The average Bonchev–Trinajstić information content (AvgIpc) is 2.89. The largest absolute Gasteiger partial charge is 0.383 e. The standard InChI is InChI=1S/C17H24N4O3S/c1-5-7-8-21-14(18)13(15(22)19-17(21)24)20(6-2)16(23)12-9-10(3)25-11(12)4/h9H,5-8,18H2,1-4H3,(H,19,22,24). The van der Waals surface area contributed by atoms with Crippen LogP contribution in [0.4, 0.5) is 11.5 Å². The molecule has 0 radical (unpaired) electrons. The van der Waals surface area contributed by atoms with Gasteiger partial charge in [0.15, 0.2) is 5.69 Å². The fourth-order valence-electron chi connectivity index (χ4n) is 2.77. The third-order valence-electron chi connectivity index (χ3n) is 4.05. The molecule has 25 heavy (non-hydrogen) atoms. The smallest absolute Gasteiger partial charge is 0.330 e. The molecule has 0 unspecified atom stereocenters. The third kappa shape index (κ3) is 3.68. The lowest BCUT2D eigenvalue weighted by Gasteiger charge is -2.23. The number of amides is 1. The number of rotatable bonds is 6. The molecule has 0 bridgehead atoms. The van der Waals surface area contributed by atoms with Crippen molar-refractivity contribution in [2.75, 3.05) is 17.2 Å². The Morgan fingerprint density at radius 3 is 2.52 bits per heavy atom. The summed E-state index contributed by atoms with van der Waals surface area (Å²) in [4.78, 5) is 42.9. The van der Waals surface area contributed by atoms with Gasteiger partial charge in [-0.2, -0.15) is 0 Å². The van der Waals surface area contributed by atoms with Crippen molar-refractivity contribution < 1.29 is 4.79 Å². The molecule has 0 fully saturated rings. The maximum absolute atomic E-state index is 13.0. The maximum Gasteiger partial charge on any atom is 0.330 e. The lowest BCUT2D eigenvalue weighted by molar-refractivity contribution is 0.0988. The number of H-pyrrole nitrogens is 1. The van der Waals surface area contributed by atoms with Gasteiger partial charge in [0.2, 0.25) is 0 Å². The number of aromatic amines is 1. The molecule has 7 nitrogen and oxygen atoms in total. The molecule has 1 amide bonds. The van der Waals surface area contributed by atoms with Gasteiger partial charge in [-0.05, 0) is 33.3 Å². The van der Waals surface area contributed by atoms with E-state index in [1.807, 2.05) is 26.8 Å². The number of anilines is 2. The molecule has 2 aromatic rings. The Bertz CT molecular complexity index is 894. The van der Waals surface area contributed by atoms with Gasteiger partial charge in [-0.1, -0.05) is 13.3 Å². The van der Waals surface area contributed by atoms with Crippen LogP contribution in [0, 0.1) is 13.8 Å². The van der Waals surface area contributed by atoms with Gasteiger partial charge in [-0.15, -0.1) is 11.3 Å². The van der Waals surface area contributed by atoms with Crippen molar-refractivity contribution in [1.29, 1.82) is 0 Å². The maximum atomic E-state index is 13.0. The molecule has 2 heterocycles. The summed E-state index contributed by atoms with van der Waals surface area (Å²) < 4.78 is 1.32. The van der Waals surface area contributed by atoms with E-state index in [1.54, 1.807) is 6.92 Å². The van der Waals surface area contributed by atoms with Gasteiger partial charge < -0.3 is 10.6 Å². The molecule has 0 aliphatic carbocycles. The molecular formula is C17H24N4O3S. The van der Waals surface area contributed by atoms with E-state index in [0.717, 1.165) is 22.6 Å². The number of aromatic nitrogens is 2. The summed E-state index contributed by atoms with van der Waals surface area (Å²) in [6.45, 7) is 8.23. The summed E-state index contributed by atoms with van der Waals surface area (Å²) in [6.07, 6.45) is 1.63. The Labute approximate surface area is 150 Å². The van der Waals surface area contributed by atoms with Gasteiger partial charge >= 0.3 is 5.69 Å². The number of hydrogen-bond acceptors (Lipinski definition) is 5. The zero-order valence-electron chi connectivity index (χ0n) is 15.0. The number of unbranched alkanes of at least 4 members (excludes halogenated alkanes) is 1. The second-order valence-electron chi connectivity index (χ2n) is 5.87. The van der Waals surface area contributed by atoms with Crippen molar-refractivity contribution in [3.05, 3.63) is 42.2 Å². The van der Waals surface area contributed by atoms with E-state index in [9.17, 15) is 14.4 Å². The van der Waals surface area contributed by atoms with Crippen molar-refractivity contribution in [2.24, 2.45) is 0 Å². The summed E-state index contributed by atoms with van der Waals surface area (Å²) in [5, 5.41) is 0. The van der Waals surface area contributed by atoms with Gasteiger partial charge in [0, 0.05) is 22.8 Å². The lowest BCUT2D eigenvalue weighted by Crippen LogP contribution is -2.41. The van der Waals surface area contributed by atoms with Crippen LogP contribution in [0.15, 0.2) is 15.7 Å². The minimum Gasteiger partial charge on any atom is -0.383 e. The SMILES string of the molecule is CCCCn1c(N)c(N(CC)C(=O)c2cc(C)sc2C)c(=O)[nH]c1=O. The predicted octanol–water partition coefficient (Wildman–Crippen LogP) is 2.26. The number of hydrogen-bond donors (Lipinski definition) is 2. The Morgan fingerprint density at radius 2 is 2.00 bits per heavy atom. The first-order chi connectivity index (χ1) is 11.8. The molecule has 0 aliphatic rings. The number of nitrogens with one attached hydrogen (secondary N) is 1. The highest BCUT2D eigenvalue weighted by Gasteiger charge is 2.25. The van der Waals surface area contributed by atoms with E-state index in [0.29, 0.717) is 12.1 Å². The van der Waals surface area contributed by atoms with Crippen molar-refractivity contribution in [3.63, 3.8) is 0 Å². The zero-order chi connectivity index (χ0) is 18.7. The van der Waals surface area contributed by atoms with E-state index in [2.05, 4.69) is 4.98 Å². The summed E-state index contributed by atoms with van der Waals surface area (Å²) in [7, 11) is 0. The summed E-state index contributed by atoms with van der Waals surface area (Å²) in [6, 6.07) is 1.81. The molecule has 0 saturated heterocycles. The van der Waals surface area contributed by atoms with Gasteiger partial charge in [0.1, 0.15) is 5.82 Å². The Balaban J connectivity index is 2.57. The highest BCUT2D eigenvalue weighted by atomic mass is 32.1. The van der Waals surface area contributed by atoms with Gasteiger partial charge in [0.05, 0.1) is 5.56 Å². The number of nitrogen functional groups attached to an aromatic ring is 1. The lowest BCUT2D eigenvalue weighted by atomic mass is 10.2. The normalized spacial score (nSPS) is 10.9. The molecular weight excluding hydrogens is 340 g/mol. The molecule has 0 aromatic carbocycles. The first-order valence-electron chi connectivity index (χ1n) is 8.33. The highest BCUT2D eigenvalue weighted by Crippen LogP contribution is 2.25. The second kappa shape index (κ2) is 7.69. The Morgan fingerprint density at radius 1 is 1.32 bits per heavy atom. The number of nitrogens with zero attached hydrogens (tertiary/aromatic N) is 2. The van der Waals surface area contributed by atoms with Crippen molar-refractivity contribution in [2.45, 2.75) is 47.1 Å². The number of carbonyl (C=O) groups excluding carboxylic acids is 1. The molecule has 0 saturated carbocycles. The molecule has 3 N–H and O–H groups in total. The highest BCUT2D eigenvalue weighted by molar-refractivity contribution is 7.12. The van der Waals surface area contributed by atoms with E-state index in [1.165, 1.54) is 20.8 Å². The first kappa shape index (κ1) is 19.0. The average molecular weight is 364 g/mol. The van der Waals surface area contributed by atoms with Crippen LogP contribution < -0.4 is 21.9 Å².